The molecule has 0 saturated heterocycles. The van der Waals surface area contributed by atoms with E-state index in [0.717, 1.165) is 5.56 Å². The molecule has 9 heteroatoms. The van der Waals surface area contributed by atoms with Crippen LogP contribution in [-0.2, 0) is 5.41 Å². The zero-order valence-electron chi connectivity index (χ0n) is 16.0. The number of aromatic amines is 1. The summed E-state index contributed by atoms with van der Waals surface area (Å²) in [5.41, 5.74) is 1.43. The first kappa shape index (κ1) is 18.0. The highest BCUT2D eigenvalue weighted by Gasteiger charge is 2.26. The van der Waals surface area contributed by atoms with E-state index < -0.39 is 11.9 Å². The lowest BCUT2D eigenvalue weighted by molar-refractivity contribution is 0.199. The highest BCUT2D eigenvalue weighted by molar-refractivity contribution is 5.60. The zero-order chi connectivity index (χ0) is 19.9. The highest BCUT2D eigenvalue weighted by Crippen LogP contribution is 2.33. The number of nitrogens with one attached hydrogen (secondary N) is 1. The maximum Gasteiger partial charge on any atom is 0.236 e. The van der Waals surface area contributed by atoms with Gasteiger partial charge in [-0.2, -0.15) is 9.61 Å². The van der Waals surface area contributed by atoms with E-state index in [9.17, 15) is 4.39 Å². The Balaban J connectivity index is 1.86. The molecule has 0 aliphatic carbocycles. The number of nitrogens with zero attached hydrogens (tertiary/aromatic N) is 6. The fraction of sp³-hybridized carbons (Fsp3) is 0.316. The second kappa shape index (κ2) is 6.66. The molecule has 1 N–H and O–H groups in total. The highest BCUT2D eigenvalue weighted by atomic mass is 19.1. The summed E-state index contributed by atoms with van der Waals surface area (Å²) in [6, 6.07) is 8.25. The van der Waals surface area contributed by atoms with Gasteiger partial charge in [0.05, 0.1) is 5.56 Å². The van der Waals surface area contributed by atoms with Crippen molar-refractivity contribution in [3.8, 4) is 17.3 Å². The zero-order valence-corrected chi connectivity index (χ0v) is 16.0. The molecule has 0 amide bonds. The molecule has 0 fully saturated rings. The van der Waals surface area contributed by atoms with E-state index in [1.165, 1.54) is 16.9 Å². The summed E-state index contributed by atoms with van der Waals surface area (Å²) >= 11 is 0. The van der Waals surface area contributed by atoms with Crippen molar-refractivity contribution >= 4 is 5.65 Å². The van der Waals surface area contributed by atoms with Gasteiger partial charge in [-0.25, -0.2) is 9.37 Å². The first-order chi connectivity index (χ1) is 13.3. The molecule has 1 aromatic carbocycles. The molecular weight excluding hydrogens is 361 g/mol. The van der Waals surface area contributed by atoms with Crippen LogP contribution in [0.25, 0.3) is 17.0 Å². The van der Waals surface area contributed by atoms with E-state index in [1.54, 1.807) is 18.2 Å². The van der Waals surface area contributed by atoms with Crippen LogP contribution in [0, 0.1) is 5.82 Å². The van der Waals surface area contributed by atoms with Crippen molar-refractivity contribution < 1.29 is 9.13 Å². The Morgan fingerprint density at radius 3 is 2.64 bits per heavy atom. The normalized spacial score (nSPS) is 13.0. The van der Waals surface area contributed by atoms with Crippen LogP contribution in [0.4, 0.5) is 4.39 Å². The Morgan fingerprint density at radius 2 is 1.96 bits per heavy atom. The largest absolute Gasteiger partial charge is 0.465 e. The number of hydrogen-bond donors (Lipinski definition) is 1. The van der Waals surface area contributed by atoms with Crippen LogP contribution in [0.5, 0.6) is 5.88 Å². The van der Waals surface area contributed by atoms with E-state index >= 15 is 0 Å². The van der Waals surface area contributed by atoms with Gasteiger partial charge in [-0.05, 0) is 30.5 Å². The quantitative estimate of drug-likeness (QED) is 0.582. The number of rotatable bonds is 4. The van der Waals surface area contributed by atoms with Crippen LogP contribution < -0.4 is 4.74 Å². The molecule has 3 aromatic heterocycles. The summed E-state index contributed by atoms with van der Waals surface area (Å²) < 4.78 is 21.9. The van der Waals surface area contributed by atoms with Gasteiger partial charge in [0.25, 0.3) is 0 Å². The standard InChI is InChI=1S/C19H20FN7O/c1-11(16-21-10-22-24-16)28-18-13(19(2,3)4)9-15-23-25-17(27(15)26-18)12-7-5-6-8-14(12)20/h5-11H,1-4H3,(H,21,22,24). The molecule has 0 spiro atoms. The Morgan fingerprint density at radius 1 is 1.18 bits per heavy atom. The molecule has 144 valence electrons. The monoisotopic (exact) mass is 381 g/mol. The van der Waals surface area contributed by atoms with Gasteiger partial charge in [0.1, 0.15) is 12.1 Å². The molecule has 3 heterocycles. The summed E-state index contributed by atoms with van der Waals surface area (Å²) in [6.07, 6.45) is 1.07. The lowest BCUT2D eigenvalue weighted by atomic mass is 9.88. The van der Waals surface area contributed by atoms with Crippen LogP contribution >= 0.6 is 0 Å². The predicted octanol–water partition coefficient (Wildman–Crippen LogP) is 3.49. The van der Waals surface area contributed by atoms with Crippen molar-refractivity contribution in [3.63, 3.8) is 0 Å². The van der Waals surface area contributed by atoms with Gasteiger partial charge in [0.15, 0.2) is 23.4 Å². The van der Waals surface area contributed by atoms with Gasteiger partial charge >= 0.3 is 0 Å². The molecule has 28 heavy (non-hydrogen) atoms. The van der Waals surface area contributed by atoms with Crippen LogP contribution in [0.15, 0.2) is 36.7 Å². The number of benzene rings is 1. The fourth-order valence-corrected chi connectivity index (χ4v) is 2.89. The molecule has 1 unspecified atom stereocenters. The Kier molecular flexibility index (Phi) is 4.29. The van der Waals surface area contributed by atoms with Crippen molar-refractivity contribution in [2.45, 2.75) is 39.2 Å². The van der Waals surface area contributed by atoms with Gasteiger partial charge in [-0.3, -0.25) is 5.10 Å². The second-order valence-electron chi connectivity index (χ2n) is 7.50. The molecular formula is C19H20FN7O. The number of ether oxygens (including phenoxy) is 1. The summed E-state index contributed by atoms with van der Waals surface area (Å²) in [5.74, 6) is 0.827. The maximum absolute atomic E-state index is 14.3. The third-order valence-electron chi connectivity index (χ3n) is 4.37. The second-order valence-corrected chi connectivity index (χ2v) is 7.50. The van der Waals surface area contributed by atoms with Gasteiger partial charge in [-0.1, -0.05) is 32.9 Å². The molecule has 0 aliphatic rings. The summed E-state index contributed by atoms with van der Waals surface area (Å²) in [7, 11) is 0. The summed E-state index contributed by atoms with van der Waals surface area (Å²) in [6.45, 7) is 8.00. The van der Waals surface area contributed by atoms with E-state index in [2.05, 4.69) is 51.2 Å². The van der Waals surface area contributed by atoms with E-state index in [4.69, 9.17) is 4.74 Å². The molecule has 8 nitrogen and oxygen atoms in total. The van der Waals surface area contributed by atoms with E-state index in [1.807, 2.05) is 13.0 Å². The summed E-state index contributed by atoms with van der Waals surface area (Å²) in [4.78, 5) is 4.13. The molecule has 0 bridgehead atoms. The SMILES string of the molecule is CC(Oc1nn2c(-c3ccccc3F)nnc2cc1C(C)(C)C)c1nc[nH]n1. The van der Waals surface area contributed by atoms with Crippen molar-refractivity contribution in [1.29, 1.82) is 0 Å². The van der Waals surface area contributed by atoms with Crippen LogP contribution in [0.2, 0.25) is 0 Å². The van der Waals surface area contributed by atoms with E-state index in [0.29, 0.717) is 28.7 Å². The molecule has 4 rings (SSSR count). The molecule has 4 aromatic rings. The molecule has 0 radical (unpaired) electrons. The number of aromatic nitrogens is 7. The maximum atomic E-state index is 14.3. The summed E-state index contributed by atoms with van der Waals surface area (Å²) in [5, 5.41) is 19.7. The fourth-order valence-electron chi connectivity index (χ4n) is 2.89. The number of fused-ring (bicyclic) bond motifs is 1. The minimum absolute atomic E-state index is 0.257. The topological polar surface area (TPSA) is 93.9 Å². The van der Waals surface area contributed by atoms with Crippen LogP contribution in [0.3, 0.4) is 0 Å². The van der Waals surface area contributed by atoms with Crippen LogP contribution in [0.1, 0.15) is 45.2 Å². The van der Waals surface area contributed by atoms with Gasteiger partial charge < -0.3 is 4.74 Å². The van der Waals surface area contributed by atoms with Crippen molar-refractivity contribution in [2.75, 3.05) is 0 Å². The smallest absolute Gasteiger partial charge is 0.236 e. The van der Waals surface area contributed by atoms with E-state index in [-0.39, 0.29) is 5.41 Å². The first-order valence-electron chi connectivity index (χ1n) is 8.89. The third kappa shape index (κ3) is 3.19. The van der Waals surface area contributed by atoms with Crippen molar-refractivity contribution in [2.24, 2.45) is 0 Å². The Labute approximate surface area is 160 Å². The number of H-pyrrole nitrogens is 1. The van der Waals surface area contributed by atoms with Crippen LogP contribution in [-0.4, -0.2) is 35.0 Å². The number of hydrogen-bond acceptors (Lipinski definition) is 6. The van der Waals surface area contributed by atoms with Gasteiger partial charge in [0, 0.05) is 5.56 Å². The first-order valence-corrected chi connectivity index (χ1v) is 8.89. The average molecular weight is 381 g/mol. The minimum Gasteiger partial charge on any atom is -0.465 e. The average Bonchev–Trinajstić information content (AvgIpc) is 3.30. The number of halogens is 1. The van der Waals surface area contributed by atoms with Gasteiger partial charge in [0.2, 0.25) is 5.88 Å². The Hall–Kier alpha value is -3.36. The molecule has 0 saturated carbocycles. The minimum atomic E-state index is -0.425. The third-order valence-corrected chi connectivity index (χ3v) is 4.37. The molecule has 0 aliphatic heterocycles. The Bertz CT molecular complexity index is 1120. The molecule has 1 atom stereocenters. The lowest BCUT2D eigenvalue weighted by Gasteiger charge is -2.23. The van der Waals surface area contributed by atoms with Crippen molar-refractivity contribution in [3.05, 3.63) is 53.9 Å². The predicted molar refractivity (Wildman–Crippen MR) is 100 cm³/mol. The lowest BCUT2D eigenvalue weighted by Crippen LogP contribution is -2.18. The van der Waals surface area contributed by atoms with Gasteiger partial charge in [-0.15, -0.1) is 15.3 Å². The van der Waals surface area contributed by atoms with Crippen molar-refractivity contribution in [1.82, 2.24) is 35.0 Å².